The molecule has 0 fully saturated rings. The van der Waals surface area contributed by atoms with E-state index in [1.165, 1.54) is 6.07 Å². The fraction of sp³-hybridized carbons (Fsp3) is 0.0500. The first kappa shape index (κ1) is 15.7. The van der Waals surface area contributed by atoms with Gasteiger partial charge in [-0.25, -0.2) is 4.39 Å². The maximum absolute atomic E-state index is 14.5. The average Bonchev–Trinajstić information content (AvgIpc) is 2.61. The number of aldehydes is 1. The summed E-state index contributed by atoms with van der Waals surface area (Å²) in [6.07, 6.45) is 0.736. The van der Waals surface area contributed by atoms with Gasteiger partial charge in [0.1, 0.15) is 5.82 Å². The Bertz CT molecular complexity index is 892. The predicted molar refractivity (Wildman–Crippen MR) is 96.6 cm³/mol. The fourth-order valence-electron chi connectivity index (χ4n) is 2.78. The van der Waals surface area contributed by atoms with Crippen LogP contribution in [0.4, 0.5) is 15.8 Å². The summed E-state index contributed by atoms with van der Waals surface area (Å²) in [4.78, 5) is 11.3. The number of nitrogen functional groups attached to an aromatic ring is 1. The molecule has 0 unspecified atom stereocenters. The Kier molecular flexibility index (Phi) is 4.29. The van der Waals surface area contributed by atoms with Crippen molar-refractivity contribution in [3.63, 3.8) is 0 Å². The molecule has 4 heteroatoms. The molecule has 0 atom stereocenters. The quantitative estimate of drug-likeness (QED) is 0.546. The molecule has 0 spiro atoms. The molecule has 0 radical (unpaired) electrons. The maximum Gasteiger partial charge on any atom is 0.152 e. The lowest BCUT2D eigenvalue weighted by Crippen LogP contribution is -2.01. The second-order valence-electron chi connectivity index (χ2n) is 5.46. The van der Waals surface area contributed by atoms with Crippen LogP contribution >= 0.6 is 0 Å². The summed E-state index contributed by atoms with van der Waals surface area (Å²) >= 11 is 0. The number of hydrogen-bond donors (Lipinski definition) is 2. The topological polar surface area (TPSA) is 55.1 Å². The van der Waals surface area contributed by atoms with Gasteiger partial charge in [-0.3, -0.25) is 4.79 Å². The number of hydrogen-bond acceptors (Lipinski definition) is 3. The standard InChI is InChI=1S/C20H17FN2O/c1-23-20-16(12-24)9-15(11-19(20)22)14-7-8-17(18(21)10-14)13-5-3-2-4-6-13/h2-12,23H,22H2,1H3. The Hall–Kier alpha value is -3.14. The van der Waals surface area contributed by atoms with E-state index in [1.54, 1.807) is 25.2 Å². The second-order valence-corrected chi connectivity index (χ2v) is 5.46. The number of anilines is 2. The van der Waals surface area contributed by atoms with E-state index in [1.807, 2.05) is 36.4 Å². The van der Waals surface area contributed by atoms with Gasteiger partial charge in [0, 0.05) is 18.2 Å². The first-order chi connectivity index (χ1) is 11.6. The third kappa shape index (κ3) is 2.86. The van der Waals surface area contributed by atoms with Crippen LogP contribution in [0.25, 0.3) is 22.3 Å². The Morgan fingerprint density at radius 3 is 2.33 bits per heavy atom. The van der Waals surface area contributed by atoms with Gasteiger partial charge in [0.05, 0.1) is 11.4 Å². The van der Waals surface area contributed by atoms with Crippen LogP contribution in [0.5, 0.6) is 0 Å². The van der Waals surface area contributed by atoms with Crippen molar-refractivity contribution in [1.82, 2.24) is 0 Å². The summed E-state index contributed by atoms with van der Waals surface area (Å²) in [5, 5.41) is 2.91. The Morgan fingerprint density at radius 1 is 0.958 bits per heavy atom. The summed E-state index contributed by atoms with van der Waals surface area (Å²) in [6.45, 7) is 0. The number of benzene rings is 3. The maximum atomic E-state index is 14.5. The monoisotopic (exact) mass is 320 g/mol. The molecule has 0 aliphatic carbocycles. The van der Waals surface area contributed by atoms with Crippen molar-refractivity contribution in [2.75, 3.05) is 18.1 Å². The summed E-state index contributed by atoms with van der Waals surface area (Å²) in [6, 6.07) is 17.8. The van der Waals surface area contributed by atoms with Crippen molar-refractivity contribution in [3.05, 3.63) is 72.0 Å². The minimum atomic E-state index is -0.317. The van der Waals surface area contributed by atoms with Crippen LogP contribution in [-0.4, -0.2) is 13.3 Å². The lowest BCUT2D eigenvalue weighted by Gasteiger charge is -2.12. The van der Waals surface area contributed by atoms with E-state index in [4.69, 9.17) is 5.73 Å². The van der Waals surface area contributed by atoms with Crippen LogP contribution in [-0.2, 0) is 0 Å². The Balaban J connectivity index is 2.07. The smallest absolute Gasteiger partial charge is 0.152 e. The third-order valence-corrected chi connectivity index (χ3v) is 3.96. The molecule has 0 amide bonds. The van der Waals surface area contributed by atoms with Crippen LogP contribution in [0, 0.1) is 5.82 Å². The van der Waals surface area contributed by atoms with Gasteiger partial charge >= 0.3 is 0 Å². The highest BCUT2D eigenvalue weighted by Gasteiger charge is 2.11. The number of nitrogens with two attached hydrogens (primary N) is 1. The second kappa shape index (κ2) is 6.54. The van der Waals surface area contributed by atoms with E-state index >= 15 is 0 Å². The van der Waals surface area contributed by atoms with E-state index in [0.717, 1.165) is 11.8 Å². The molecule has 3 aromatic carbocycles. The van der Waals surface area contributed by atoms with E-state index in [-0.39, 0.29) is 5.82 Å². The zero-order valence-electron chi connectivity index (χ0n) is 13.2. The minimum absolute atomic E-state index is 0.317. The number of carbonyl (C=O) groups excluding carboxylic acids is 1. The van der Waals surface area contributed by atoms with E-state index in [0.29, 0.717) is 33.6 Å². The minimum Gasteiger partial charge on any atom is -0.397 e. The number of rotatable bonds is 4. The number of halogens is 1. The van der Waals surface area contributed by atoms with Crippen LogP contribution in [0.1, 0.15) is 10.4 Å². The van der Waals surface area contributed by atoms with E-state index < -0.39 is 0 Å². The molecule has 24 heavy (non-hydrogen) atoms. The normalized spacial score (nSPS) is 10.4. The summed E-state index contributed by atoms with van der Waals surface area (Å²) in [5.74, 6) is -0.317. The Labute approximate surface area is 139 Å². The molecule has 0 saturated heterocycles. The van der Waals surface area contributed by atoms with E-state index in [9.17, 15) is 9.18 Å². The zero-order chi connectivity index (χ0) is 17.1. The van der Waals surface area contributed by atoms with Gasteiger partial charge in [-0.2, -0.15) is 0 Å². The number of carbonyl (C=O) groups is 1. The summed E-state index contributed by atoms with van der Waals surface area (Å²) in [7, 11) is 1.70. The summed E-state index contributed by atoms with van der Waals surface area (Å²) < 4.78 is 14.5. The van der Waals surface area contributed by atoms with Gasteiger partial charge in [0.15, 0.2) is 6.29 Å². The van der Waals surface area contributed by atoms with Crippen LogP contribution in [0.3, 0.4) is 0 Å². The van der Waals surface area contributed by atoms with Crippen molar-refractivity contribution in [3.8, 4) is 22.3 Å². The molecule has 0 aromatic heterocycles. The van der Waals surface area contributed by atoms with Crippen molar-refractivity contribution >= 4 is 17.7 Å². The molecule has 120 valence electrons. The highest BCUT2D eigenvalue weighted by molar-refractivity contribution is 5.93. The van der Waals surface area contributed by atoms with Crippen LogP contribution < -0.4 is 11.1 Å². The van der Waals surface area contributed by atoms with Gasteiger partial charge in [-0.1, -0.05) is 42.5 Å². The SMILES string of the molecule is CNc1c(N)cc(-c2ccc(-c3ccccc3)c(F)c2)cc1C=O. The van der Waals surface area contributed by atoms with Crippen molar-refractivity contribution in [2.45, 2.75) is 0 Å². The highest BCUT2D eigenvalue weighted by Crippen LogP contribution is 2.32. The molecule has 3 nitrogen and oxygen atoms in total. The number of nitrogens with one attached hydrogen (secondary N) is 1. The molecule has 3 aromatic rings. The molecule has 0 heterocycles. The summed E-state index contributed by atoms with van der Waals surface area (Å²) in [5.41, 5.74) is 10.2. The Morgan fingerprint density at radius 2 is 1.71 bits per heavy atom. The molecule has 0 saturated carbocycles. The molecule has 0 aliphatic heterocycles. The molecule has 0 aliphatic rings. The average molecular weight is 320 g/mol. The van der Waals surface area contributed by atoms with Crippen molar-refractivity contribution in [1.29, 1.82) is 0 Å². The third-order valence-electron chi connectivity index (χ3n) is 3.96. The van der Waals surface area contributed by atoms with Crippen LogP contribution in [0.15, 0.2) is 60.7 Å². The lowest BCUT2D eigenvalue weighted by atomic mass is 9.97. The highest BCUT2D eigenvalue weighted by atomic mass is 19.1. The van der Waals surface area contributed by atoms with Gasteiger partial charge in [0.2, 0.25) is 0 Å². The lowest BCUT2D eigenvalue weighted by molar-refractivity contribution is 0.112. The fourth-order valence-corrected chi connectivity index (χ4v) is 2.78. The largest absolute Gasteiger partial charge is 0.397 e. The molecule has 3 N–H and O–H groups in total. The first-order valence-corrected chi connectivity index (χ1v) is 7.56. The first-order valence-electron chi connectivity index (χ1n) is 7.56. The van der Waals surface area contributed by atoms with E-state index in [2.05, 4.69) is 5.32 Å². The van der Waals surface area contributed by atoms with Crippen molar-refractivity contribution in [2.24, 2.45) is 0 Å². The molecule has 3 rings (SSSR count). The van der Waals surface area contributed by atoms with Gasteiger partial charge in [-0.05, 0) is 34.9 Å². The zero-order valence-corrected chi connectivity index (χ0v) is 13.2. The van der Waals surface area contributed by atoms with Crippen LogP contribution in [0.2, 0.25) is 0 Å². The van der Waals surface area contributed by atoms with Gasteiger partial charge in [0.25, 0.3) is 0 Å². The predicted octanol–water partition coefficient (Wildman–Crippen LogP) is 4.60. The molecular formula is C20H17FN2O. The molecule has 0 bridgehead atoms. The van der Waals surface area contributed by atoms with Gasteiger partial charge < -0.3 is 11.1 Å². The van der Waals surface area contributed by atoms with Crippen molar-refractivity contribution < 1.29 is 9.18 Å². The van der Waals surface area contributed by atoms with Gasteiger partial charge in [-0.15, -0.1) is 0 Å². The molecular weight excluding hydrogens is 303 g/mol.